The number of alkyl halides is 1. The fourth-order valence-electron chi connectivity index (χ4n) is 1.36. The van der Waals surface area contributed by atoms with Crippen LogP contribution in [-0.4, -0.2) is 12.4 Å². The van der Waals surface area contributed by atoms with Crippen LogP contribution in [0.4, 0.5) is 0 Å². The average Bonchev–Trinajstić information content (AvgIpc) is 2.26. The monoisotopic (exact) mass is 289 g/mol. The van der Waals surface area contributed by atoms with Gasteiger partial charge in [-0.25, -0.2) is 0 Å². The maximum absolute atomic E-state index is 5.60. The highest BCUT2D eigenvalue weighted by Crippen LogP contribution is 2.10. The van der Waals surface area contributed by atoms with Gasteiger partial charge < -0.3 is 5.32 Å². The average molecular weight is 291 g/mol. The second-order valence-corrected chi connectivity index (χ2v) is 4.85. The Kier molecular flexibility index (Phi) is 7.07. The van der Waals surface area contributed by atoms with E-state index in [1.54, 1.807) is 0 Å². The van der Waals surface area contributed by atoms with Gasteiger partial charge in [-0.15, -0.1) is 11.6 Å². The minimum Gasteiger partial charge on any atom is -0.313 e. The molecule has 3 heteroatoms. The predicted molar refractivity (Wildman–Crippen MR) is 70.4 cm³/mol. The molecule has 0 atom stereocenters. The van der Waals surface area contributed by atoms with Crippen LogP contribution < -0.4 is 5.32 Å². The first-order chi connectivity index (χ1) is 7.33. The molecule has 1 nitrogen and oxygen atoms in total. The van der Waals surface area contributed by atoms with Gasteiger partial charge in [0.15, 0.2) is 0 Å². The quantitative estimate of drug-likeness (QED) is 0.592. The molecule has 0 radical (unpaired) electrons. The molecule has 0 aromatic heterocycles. The van der Waals surface area contributed by atoms with Crippen LogP contribution in [0.2, 0.25) is 0 Å². The molecule has 84 valence electrons. The smallest absolute Gasteiger partial charge is 0.0223 e. The maximum Gasteiger partial charge on any atom is 0.0223 e. The molecular formula is C12H17BrClN. The predicted octanol–water partition coefficient (Wildman–Crippen LogP) is 3.95. The minimum absolute atomic E-state index is 0.784. The van der Waals surface area contributed by atoms with Gasteiger partial charge in [0.05, 0.1) is 0 Å². The van der Waals surface area contributed by atoms with Crippen molar-refractivity contribution in [2.75, 3.05) is 12.4 Å². The number of benzene rings is 1. The highest BCUT2D eigenvalue weighted by atomic mass is 79.9. The zero-order valence-corrected chi connectivity index (χ0v) is 11.1. The summed E-state index contributed by atoms with van der Waals surface area (Å²) in [6.45, 7) is 2.03. The van der Waals surface area contributed by atoms with Crippen molar-refractivity contribution in [1.82, 2.24) is 5.32 Å². The Morgan fingerprint density at radius 3 is 2.47 bits per heavy atom. The summed E-state index contributed by atoms with van der Waals surface area (Å²) in [5.74, 6) is 0.784. The van der Waals surface area contributed by atoms with E-state index in [4.69, 9.17) is 11.6 Å². The molecule has 0 heterocycles. The molecule has 0 saturated heterocycles. The van der Waals surface area contributed by atoms with Crippen molar-refractivity contribution >= 4 is 27.5 Å². The van der Waals surface area contributed by atoms with E-state index in [9.17, 15) is 0 Å². The van der Waals surface area contributed by atoms with Crippen molar-refractivity contribution in [3.8, 4) is 0 Å². The minimum atomic E-state index is 0.784. The SMILES string of the molecule is ClCCCCCNCc1ccc(Br)cc1. The zero-order chi connectivity index (χ0) is 10.9. The Hall–Kier alpha value is -0.0500. The normalized spacial score (nSPS) is 10.5. The molecule has 0 aliphatic heterocycles. The first-order valence-electron chi connectivity index (χ1n) is 5.34. The molecule has 0 unspecified atom stereocenters. The van der Waals surface area contributed by atoms with Crippen LogP contribution in [0.1, 0.15) is 24.8 Å². The highest BCUT2D eigenvalue weighted by molar-refractivity contribution is 9.10. The molecule has 0 bridgehead atoms. The number of hydrogen-bond donors (Lipinski definition) is 1. The van der Waals surface area contributed by atoms with E-state index in [1.165, 1.54) is 18.4 Å². The summed E-state index contributed by atoms with van der Waals surface area (Å²) in [4.78, 5) is 0. The van der Waals surface area contributed by atoms with Crippen LogP contribution >= 0.6 is 27.5 Å². The summed E-state index contributed by atoms with van der Waals surface area (Å²) in [5, 5.41) is 3.42. The van der Waals surface area contributed by atoms with Gasteiger partial charge in [0, 0.05) is 16.9 Å². The topological polar surface area (TPSA) is 12.0 Å². The van der Waals surface area contributed by atoms with Crippen LogP contribution in [0.25, 0.3) is 0 Å². The number of hydrogen-bond acceptors (Lipinski definition) is 1. The molecule has 1 N–H and O–H groups in total. The zero-order valence-electron chi connectivity index (χ0n) is 8.81. The highest BCUT2D eigenvalue weighted by Gasteiger charge is 1.92. The molecule has 0 saturated carbocycles. The molecule has 0 amide bonds. The lowest BCUT2D eigenvalue weighted by Gasteiger charge is -2.04. The number of unbranched alkanes of at least 4 members (excludes halogenated alkanes) is 2. The van der Waals surface area contributed by atoms with Gasteiger partial charge in [0.2, 0.25) is 0 Å². The molecule has 1 aromatic carbocycles. The molecule has 0 spiro atoms. The van der Waals surface area contributed by atoms with Gasteiger partial charge in [-0.1, -0.05) is 34.5 Å². The van der Waals surface area contributed by atoms with Crippen LogP contribution in [-0.2, 0) is 6.54 Å². The third-order valence-corrected chi connectivity index (χ3v) is 3.03. The molecule has 15 heavy (non-hydrogen) atoms. The molecule has 0 fully saturated rings. The maximum atomic E-state index is 5.60. The van der Waals surface area contributed by atoms with Crippen LogP contribution in [0.5, 0.6) is 0 Å². The lowest BCUT2D eigenvalue weighted by molar-refractivity contribution is 0.618. The van der Waals surface area contributed by atoms with Crippen molar-refractivity contribution in [3.63, 3.8) is 0 Å². The van der Waals surface area contributed by atoms with Crippen molar-refractivity contribution in [2.24, 2.45) is 0 Å². The molecule has 0 aliphatic carbocycles. The van der Waals surface area contributed by atoms with Crippen LogP contribution in [0.15, 0.2) is 28.7 Å². The second-order valence-electron chi connectivity index (χ2n) is 3.55. The lowest BCUT2D eigenvalue weighted by Crippen LogP contribution is -2.14. The molecular weight excluding hydrogens is 273 g/mol. The van der Waals surface area contributed by atoms with E-state index < -0.39 is 0 Å². The Morgan fingerprint density at radius 1 is 1.07 bits per heavy atom. The van der Waals surface area contributed by atoms with E-state index >= 15 is 0 Å². The number of rotatable bonds is 7. The van der Waals surface area contributed by atoms with Crippen molar-refractivity contribution < 1.29 is 0 Å². The van der Waals surface area contributed by atoms with Gasteiger partial charge in [0.1, 0.15) is 0 Å². The summed E-state index contributed by atoms with van der Waals surface area (Å²) < 4.78 is 1.13. The van der Waals surface area contributed by atoms with Gasteiger partial charge >= 0.3 is 0 Å². The summed E-state index contributed by atoms with van der Waals surface area (Å²) in [6, 6.07) is 8.42. The Bertz CT molecular complexity index is 261. The van der Waals surface area contributed by atoms with E-state index in [-0.39, 0.29) is 0 Å². The van der Waals surface area contributed by atoms with Crippen molar-refractivity contribution in [1.29, 1.82) is 0 Å². The number of halogens is 2. The second kappa shape index (κ2) is 8.14. The molecule has 1 aromatic rings. The van der Waals surface area contributed by atoms with E-state index in [0.29, 0.717) is 0 Å². The largest absolute Gasteiger partial charge is 0.313 e. The van der Waals surface area contributed by atoms with Gasteiger partial charge in [-0.3, -0.25) is 0 Å². The van der Waals surface area contributed by atoms with Gasteiger partial charge in [0.25, 0.3) is 0 Å². The summed E-state index contributed by atoms with van der Waals surface area (Å²) in [6.07, 6.45) is 3.56. The van der Waals surface area contributed by atoms with Crippen molar-refractivity contribution in [2.45, 2.75) is 25.8 Å². The van der Waals surface area contributed by atoms with E-state index in [2.05, 4.69) is 45.5 Å². The summed E-state index contributed by atoms with van der Waals surface area (Å²) in [5.41, 5.74) is 1.33. The fourth-order valence-corrected chi connectivity index (χ4v) is 1.81. The Morgan fingerprint density at radius 2 is 1.80 bits per heavy atom. The first kappa shape index (κ1) is 13.0. The Labute approximate surface area is 105 Å². The molecule has 1 rings (SSSR count). The van der Waals surface area contributed by atoms with E-state index in [0.717, 1.165) is 29.9 Å². The van der Waals surface area contributed by atoms with Crippen LogP contribution in [0.3, 0.4) is 0 Å². The van der Waals surface area contributed by atoms with Gasteiger partial charge in [-0.2, -0.15) is 0 Å². The standard InChI is InChI=1S/C12H17BrClN/c13-12-6-4-11(5-7-12)10-15-9-3-1-2-8-14/h4-7,15H,1-3,8-10H2. The summed E-state index contributed by atoms with van der Waals surface area (Å²) >= 11 is 9.02. The lowest BCUT2D eigenvalue weighted by atomic mass is 10.2. The first-order valence-corrected chi connectivity index (χ1v) is 6.67. The van der Waals surface area contributed by atoms with Crippen LogP contribution in [0, 0.1) is 0 Å². The summed E-state index contributed by atoms with van der Waals surface area (Å²) in [7, 11) is 0. The van der Waals surface area contributed by atoms with Gasteiger partial charge in [-0.05, 0) is 37.1 Å². The third-order valence-electron chi connectivity index (χ3n) is 2.23. The Balaban J connectivity index is 2.07. The molecule has 0 aliphatic rings. The fraction of sp³-hybridized carbons (Fsp3) is 0.500. The van der Waals surface area contributed by atoms with E-state index in [1.807, 2.05) is 0 Å². The third kappa shape index (κ3) is 6.18. The number of nitrogens with one attached hydrogen (secondary N) is 1. The van der Waals surface area contributed by atoms with Crippen molar-refractivity contribution in [3.05, 3.63) is 34.3 Å².